The lowest BCUT2D eigenvalue weighted by molar-refractivity contribution is -0.132. The molecule has 98 valence electrons. The molecule has 1 aromatic carbocycles. The van der Waals surface area contributed by atoms with Crippen LogP contribution in [0.25, 0.3) is 0 Å². The molecule has 0 aromatic heterocycles. The third-order valence-electron chi connectivity index (χ3n) is 2.72. The minimum Gasteiger partial charge on any atom is -0.478 e. The van der Waals surface area contributed by atoms with Crippen LogP contribution in [0.1, 0.15) is 31.7 Å². The van der Waals surface area contributed by atoms with Gasteiger partial charge in [0.1, 0.15) is 0 Å². The molecule has 0 saturated carbocycles. The van der Waals surface area contributed by atoms with Crippen molar-refractivity contribution in [2.45, 2.75) is 32.8 Å². The lowest BCUT2D eigenvalue weighted by Crippen LogP contribution is -2.01. The third-order valence-corrected chi connectivity index (χ3v) is 2.72. The molecule has 0 bridgehead atoms. The van der Waals surface area contributed by atoms with Crippen LogP contribution >= 0.6 is 0 Å². The number of carboxylic acids is 1. The molecule has 0 unspecified atom stereocenters. The fourth-order valence-electron chi connectivity index (χ4n) is 1.66. The maximum Gasteiger partial charge on any atom is 0.331 e. The van der Waals surface area contributed by atoms with Crippen LogP contribution in [0.15, 0.2) is 42.0 Å². The molecule has 0 aliphatic carbocycles. The van der Waals surface area contributed by atoms with Crippen LogP contribution in [0.2, 0.25) is 0 Å². The monoisotopic (exact) mass is 248 g/mol. The van der Waals surface area contributed by atoms with Gasteiger partial charge in [0, 0.05) is 12.2 Å². The first-order chi connectivity index (χ1) is 8.74. The zero-order valence-corrected chi connectivity index (χ0v) is 10.8. The van der Waals surface area contributed by atoms with Crippen molar-refractivity contribution in [1.29, 1.82) is 0 Å². The molecular weight excluding hydrogens is 228 g/mol. The lowest BCUT2D eigenvalue weighted by Gasteiger charge is -2.05. The standard InChI is InChI=1S/C15H20O3/c1-2-14(15(16)17)10-6-7-11-18-12-13-8-4-3-5-9-13/h2-5,8-9H,6-7,10-12H2,1H3,(H,16,17)/b14-2-. The number of carbonyl (C=O) groups is 1. The van der Waals surface area contributed by atoms with Crippen LogP contribution in [0.5, 0.6) is 0 Å². The molecule has 3 heteroatoms. The molecule has 0 radical (unpaired) electrons. The van der Waals surface area contributed by atoms with E-state index in [-0.39, 0.29) is 0 Å². The van der Waals surface area contributed by atoms with Gasteiger partial charge in [-0.1, -0.05) is 36.4 Å². The summed E-state index contributed by atoms with van der Waals surface area (Å²) in [4.78, 5) is 10.7. The Kier molecular flexibility index (Phi) is 6.81. The number of hydrogen-bond donors (Lipinski definition) is 1. The van der Waals surface area contributed by atoms with Crippen molar-refractivity contribution >= 4 is 5.97 Å². The predicted octanol–water partition coefficient (Wildman–Crippen LogP) is 3.40. The molecule has 3 nitrogen and oxygen atoms in total. The molecule has 0 spiro atoms. The normalized spacial score (nSPS) is 11.5. The Morgan fingerprint density at radius 2 is 2.00 bits per heavy atom. The number of unbranched alkanes of at least 4 members (excludes halogenated alkanes) is 1. The Morgan fingerprint density at radius 3 is 2.61 bits per heavy atom. The number of aliphatic carboxylic acids is 1. The second kappa shape index (κ2) is 8.48. The SMILES string of the molecule is C/C=C(/CCCCOCc1ccccc1)C(=O)O. The molecule has 0 fully saturated rings. The Bertz CT molecular complexity index is 382. The van der Waals surface area contributed by atoms with Crippen molar-refractivity contribution in [3.8, 4) is 0 Å². The number of ether oxygens (including phenoxy) is 1. The van der Waals surface area contributed by atoms with Crippen molar-refractivity contribution in [3.63, 3.8) is 0 Å². The van der Waals surface area contributed by atoms with Gasteiger partial charge in [0.05, 0.1) is 6.61 Å². The summed E-state index contributed by atoms with van der Waals surface area (Å²) in [6.45, 7) is 3.05. The Labute approximate surface area is 108 Å². The van der Waals surface area contributed by atoms with E-state index in [0.29, 0.717) is 25.2 Å². The number of allylic oxidation sites excluding steroid dienone is 1. The molecule has 1 N–H and O–H groups in total. The second-order valence-corrected chi connectivity index (χ2v) is 4.11. The van der Waals surface area contributed by atoms with E-state index in [2.05, 4.69) is 0 Å². The highest BCUT2D eigenvalue weighted by atomic mass is 16.5. The summed E-state index contributed by atoms with van der Waals surface area (Å²) in [6.07, 6.45) is 4.01. The number of carboxylic acid groups (broad SMARTS) is 1. The van der Waals surface area contributed by atoms with Gasteiger partial charge in [0.2, 0.25) is 0 Å². The van der Waals surface area contributed by atoms with Gasteiger partial charge in [-0.05, 0) is 31.7 Å². The quantitative estimate of drug-likeness (QED) is 0.566. The average molecular weight is 248 g/mol. The van der Waals surface area contributed by atoms with Gasteiger partial charge >= 0.3 is 5.97 Å². The maximum atomic E-state index is 10.7. The molecule has 0 amide bonds. The van der Waals surface area contributed by atoms with Crippen molar-refractivity contribution in [2.75, 3.05) is 6.61 Å². The average Bonchev–Trinajstić information content (AvgIpc) is 2.38. The fraction of sp³-hybridized carbons (Fsp3) is 0.400. The van der Waals surface area contributed by atoms with E-state index in [1.165, 1.54) is 0 Å². The fourth-order valence-corrected chi connectivity index (χ4v) is 1.66. The first-order valence-electron chi connectivity index (χ1n) is 6.24. The number of benzene rings is 1. The van der Waals surface area contributed by atoms with Gasteiger partial charge in [-0.25, -0.2) is 4.79 Å². The molecule has 1 aromatic rings. The predicted molar refractivity (Wildman–Crippen MR) is 71.3 cm³/mol. The summed E-state index contributed by atoms with van der Waals surface area (Å²) in [5.74, 6) is -0.817. The molecule has 18 heavy (non-hydrogen) atoms. The summed E-state index contributed by atoms with van der Waals surface area (Å²) in [7, 11) is 0. The highest BCUT2D eigenvalue weighted by molar-refractivity contribution is 5.86. The Balaban J connectivity index is 2.08. The van der Waals surface area contributed by atoms with Gasteiger partial charge in [-0.2, -0.15) is 0 Å². The Hall–Kier alpha value is -1.61. The molecule has 0 aliphatic heterocycles. The largest absolute Gasteiger partial charge is 0.478 e. The van der Waals surface area contributed by atoms with Gasteiger partial charge in [0.15, 0.2) is 0 Å². The minimum absolute atomic E-state index is 0.484. The summed E-state index contributed by atoms with van der Waals surface area (Å²) >= 11 is 0. The van der Waals surface area contributed by atoms with Crippen LogP contribution in [0.4, 0.5) is 0 Å². The third kappa shape index (κ3) is 5.64. The van der Waals surface area contributed by atoms with E-state index >= 15 is 0 Å². The van der Waals surface area contributed by atoms with Crippen molar-refractivity contribution < 1.29 is 14.6 Å². The molecule has 0 saturated heterocycles. The van der Waals surface area contributed by atoms with Crippen molar-refractivity contribution in [3.05, 3.63) is 47.5 Å². The number of hydrogen-bond acceptors (Lipinski definition) is 2. The minimum atomic E-state index is -0.817. The highest BCUT2D eigenvalue weighted by Crippen LogP contribution is 2.08. The van der Waals surface area contributed by atoms with Crippen LogP contribution in [-0.4, -0.2) is 17.7 Å². The number of rotatable bonds is 8. The summed E-state index contributed by atoms with van der Waals surface area (Å²) in [6, 6.07) is 10.0. The lowest BCUT2D eigenvalue weighted by atomic mass is 10.1. The molecule has 0 atom stereocenters. The van der Waals surface area contributed by atoms with E-state index in [1.54, 1.807) is 13.0 Å². The van der Waals surface area contributed by atoms with E-state index in [4.69, 9.17) is 9.84 Å². The highest BCUT2D eigenvalue weighted by Gasteiger charge is 2.04. The molecule has 0 heterocycles. The van der Waals surface area contributed by atoms with Crippen LogP contribution in [0.3, 0.4) is 0 Å². The summed E-state index contributed by atoms with van der Waals surface area (Å²) in [5.41, 5.74) is 1.65. The summed E-state index contributed by atoms with van der Waals surface area (Å²) in [5, 5.41) is 8.83. The van der Waals surface area contributed by atoms with Crippen molar-refractivity contribution in [1.82, 2.24) is 0 Å². The molecule has 0 aliphatic rings. The van der Waals surface area contributed by atoms with Crippen molar-refractivity contribution in [2.24, 2.45) is 0 Å². The maximum absolute atomic E-state index is 10.7. The first-order valence-corrected chi connectivity index (χ1v) is 6.24. The van der Waals surface area contributed by atoms with Crippen LogP contribution in [-0.2, 0) is 16.1 Å². The van der Waals surface area contributed by atoms with E-state index in [1.807, 2.05) is 30.3 Å². The van der Waals surface area contributed by atoms with E-state index < -0.39 is 5.97 Å². The zero-order valence-electron chi connectivity index (χ0n) is 10.8. The molecular formula is C15H20O3. The smallest absolute Gasteiger partial charge is 0.331 e. The van der Waals surface area contributed by atoms with Crippen LogP contribution in [0, 0.1) is 0 Å². The van der Waals surface area contributed by atoms with Gasteiger partial charge < -0.3 is 9.84 Å². The van der Waals surface area contributed by atoms with Crippen LogP contribution < -0.4 is 0 Å². The van der Waals surface area contributed by atoms with Gasteiger partial charge in [-0.3, -0.25) is 0 Å². The van der Waals surface area contributed by atoms with Gasteiger partial charge in [0.25, 0.3) is 0 Å². The molecule has 1 rings (SSSR count). The zero-order chi connectivity index (χ0) is 13.2. The van der Waals surface area contributed by atoms with Gasteiger partial charge in [-0.15, -0.1) is 0 Å². The second-order valence-electron chi connectivity index (χ2n) is 4.11. The van der Waals surface area contributed by atoms with E-state index in [0.717, 1.165) is 18.4 Å². The Morgan fingerprint density at radius 1 is 1.28 bits per heavy atom. The first kappa shape index (κ1) is 14.5. The summed E-state index contributed by atoms with van der Waals surface area (Å²) < 4.78 is 5.53. The van der Waals surface area contributed by atoms with E-state index in [9.17, 15) is 4.79 Å². The topological polar surface area (TPSA) is 46.5 Å².